The molecule has 0 aromatic carbocycles. The first-order chi connectivity index (χ1) is 8.27. The fourth-order valence-electron chi connectivity index (χ4n) is 2.06. The van der Waals surface area contributed by atoms with Crippen molar-refractivity contribution in [2.45, 2.75) is 12.6 Å². The van der Waals surface area contributed by atoms with Gasteiger partial charge in [0.15, 0.2) is 6.10 Å². The van der Waals surface area contributed by atoms with Crippen molar-refractivity contribution in [2.75, 3.05) is 6.61 Å². The van der Waals surface area contributed by atoms with E-state index in [9.17, 15) is 4.79 Å². The molecule has 0 saturated heterocycles. The molecule has 0 fully saturated rings. The van der Waals surface area contributed by atoms with E-state index in [1.807, 2.05) is 0 Å². The molecule has 6 nitrogen and oxygen atoms in total. The monoisotopic (exact) mass is 234 g/mol. The predicted octanol–water partition coefficient (Wildman–Crippen LogP) is 1.29. The van der Waals surface area contributed by atoms with Crippen LogP contribution in [0.15, 0.2) is 29.0 Å². The van der Waals surface area contributed by atoms with E-state index >= 15 is 0 Å². The van der Waals surface area contributed by atoms with Gasteiger partial charge in [-0.15, -0.1) is 0 Å². The number of fused-ring (bicyclic) bond motifs is 1. The lowest BCUT2D eigenvalue weighted by atomic mass is 10.2. The standard InChI is InChI=1S/C11H10N2O4/c14-11(15)8-2-1-7-9(10-12-3-5-17-10)16-6-4-13(7)8/h1-3,5,9H,4,6H2,(H,14,15). The van der Waals surface area contributed by atoms with E-state index in [1.165, 1.54) is 6.26 Å². The quantitative estimate of drug-likeness (QED) is 0.847. The lowest BCUT2D eigenvalue weighted by molar-refractivity contribution is 0.0282. The number of carboxylic acid groups (broad SMARTS) is 1. The number of rotatable bonds is 2. The molecule has 3 heterocycles. The highest BCUT2D eigenvalue weighted by molar-refractivity contribution is 5.86. The zero-order chi connectivity index (χ0) is 11.8. The molecule has 3 rings (SSSR count). The Hall–Kier alpha value is -2.08. The van der Waals surface area contributed by atoms with Crippen molar-refractivity contribution in [1.29, 1.82) is 0 Å². The normalized spacial score (nSPS) is 18.9. The molecule has 0 saturated carbocycles. The van der Waals surface area contributed by atoms with E-state index in [0.29, 0.717) is 19.0 Å². The van der Waals surface area contributed by atoms with Crippen LogP contribution in [0.3, 0.4) is 0 Å². The summed E-state index contributed by atoms with van der Waals surface area (Å²) < 4.78 is 12.5. The predicted molar refractivity (Wildman–Crippen MR) is 55.7 cm³/mol. The summed E-state index contributed by atoms with van der Waals surface area (Å²) in [6.07, 6.45) is 2.59. The molecule has 0 aliphatic carbocycles. The van der Waals surface area contributed by atoms with E-state index in [2.05, 4.69) is 4.98 Å². The zero-order valence-corrected chi connectivity index (χ0v) is 8.87. The summed E-state index contributed by atoms with van der Waals surface area (Å²) in [5.74, 6) is -0.495. The van der Waals surface area contributed by atoms with Gasteiger partial charge < -0.3 is 18.8 Å². The van der Waals surface area contributed by atoms with Gasteiger partial charge in [-0.2, -0.15) is 0 Å². The number of oxazole rings is 1. The van der Waals surface area contributed by atoms with Crippen LogP contribution in [0, 0.1) is 0 Å². The molecule has 2 aromatic rings. The third-order valence-electron chi connectivity index (χ3n) is 2.78. The van der Waals surface area contributed by atoms with Crippen molar-refractivity contribution in [3.05, 3.63) is 41.9 Å². The van der Waals surface area contributed by atoms with Crippen LogP contribution in [0.4, 0.5) is 0 Å². The molecule has 0 bridgehead atoms. The Labute approximate surface area is 96.4 Å². The molecule has 1 atom stereocenters. The average molecular weight is 234 g/mol. The third kappa shape index (κ3) is 1.53. The highest BCUT2D eigenvalue weighted by Crippen LogP contribution is 2.29. The van der Waals surface area contributed by atoms with Crippen LogP contribution in [0.25, 0.3) is 0 Å². The number of nitrogens with zero attached hydrogens (tertiary/aromatic N) is 2. The van der Waals surface area contributed by atoms with E-state index < -0.39 is 12.1 Å². The lowest BCUT2D eigenvalue weighted by Crippen LogP contribution is -2.24. The molecule has 1 aliphatic heterocycles. The van der Waals surface area contributed by atoms with Gasteiger partial charge >= 0.3 is 5.97 Å². The van der Waals surface area contributed by atoms with Gasteiger partial charge in [0.05, 0.1) is 18.5 Å². The van der Waals surface area contributed by atoms with Crippen LogP contribution in [0.5, 0.6) is 0 Å². The molecule has 1 aliphatic rings. The Bertz CT molecular complexity index is 544. The fourth-order valence-corrected chi connectivity index (χ4v) is 2.06. The molecule has 0 spiro atoms. The maximum Gasteiger partial charge on any atom is 0.352 e. The number of ether oxygens (including phenoxy) is 1. The van der Waals surface area contributed by atoms with Gasteiger partial charge in [0.25, 0.3) is 0 Å². The van der Waals surface area contributed by atoms with Gasteiger partial charge in [-0.1, -0.05) is 0 Å². The van der Waals surface area contributed by atoms with Gasteiger partial charge in [-0.05, 0) is 12.1 Å². The van der Waals surface area contributed by atoms with Crippen LogP contribution in [0.2, 0.25) is 0 Å². The maximum absolute atomic E-state index is 11.0. The van der Waals surface area contributed by atoms with Crippen molar-refractivity contribution in [3.63, 3.8) is 0 Å². The summed E-state index contributed by atoms with van der Waals surface area (Å²) in [6, 6.07) is 3.31. The summed E-state index contributed by atoms with van der Waals surface area (Å²) in [5.41, 5.74) is 1.02. The van der Waals surface area contributed by atoms with Crippen LogP contribution < -0.4 is 0 Å². The van der Waals surface area contributed by atoms with Gasteiger partial charge in [-0.25, -0.2) is 9.78 Å². The number of aromatic carboxylic acids is 1. The van der Waals surface area contributed by atoms with Gasteiger partial charge in [0.1, 0.15) is 12.0 Å². The molecule has 17 heavy (non-hydrogen) atoms. The number of carbonyl (C=O) groups is 1. The second-order valence-corrected chi connectivity index (χ2v) is 3.72. The Morgan fingerprint density at radius 2 is 2.41 bits per heavy atom. The molecule has 6 heteroatoms. The first kappa shape index (κ1) is 10.1. The molecular formula is C11H10N2O4. The van der Waals surface area contributed by atoms with Crippen LogP contribution in [-0.2, 0) is 11.3 Å². The largest absolute Gasteiger partial charge is 0.477 e. The smallest absolute Gasteiger partial charge is 0.352 e. The van der Waals surface area contributed by atoms with Crippen molar-refractivity contribution < 1.29 is 19.1 Å². The van der Waals surface area contributed by atoms with Crippen LogP contribution in [0.1, 0.15) is 28.2 Å². The van der Waals surface area contributed by atoms with E-state index in [0.717, 1.165) is 5.69 Å². The topological polar surface area (TPSA) is 77.5 Å². The molecule has 1 unspecified atom stereocenters. The second kappa shape index (κ2) is 3.74. The summed E-state index contributed by atoms with van der Waals surface area (Å²) >= 11 is 0. The van der Waals surface area contributed by atoms with Gasteiger partial charge in [-0.3, -0.25) is 0 Å². The van der Waals surface area contributed by atoms with Crippen LogP contribution in [-0.4, -0.2) is 27.2 Å². The van der Waals surface area contributed by atoms with Crippen molar-refractivity contribution in [2.24, 2.45) is 0 Å². The number of hydrogen-bond acceptors (Lipinski definition) is 4. The minimum atomic E-state index is -0.940. The minimum absolute atomic E-state index is 0.264. The molecule has 88 valence electrons. The first-order valence-corrected chi connectivity index (χ1v) is 5.21. The minimum Gasteiger partial charge on any atom is -0.477 e. The lowest BCUT2D eigenvalue weighted by Gasteiger charge is -2.23. The van der Waals surface area contributed by atoms with Gasteiger partial charge in [0.2, 0.25) is 5.89 Å². The maximum atomic E-state index is 11.0. The molecule has 1 N–H and O–H groups in total. The first-order valence-electron chi connectivity index (χ1n) is 5.21. The van der Waals surface area contributed by atoms with Gasteiger partial charge in [0, 0.05) is 6.54 Å². The summed E-state index contributed by atoms with van der Waals surface area (Å²) in [6.45, 7) is 0.968. The zero-order valence-electron chi connectivity index (χ0n) is 8.87. The molecule has 2 aromatic heterocycles. The van der Waals surface area contributed by atoms with Crippen molar-refractivity contribution in [1.82, 2.24) is 9.55 Å². The molecule has 0 radical (unpaired) electrons. The van der Waals surface area contributed by atoms with Crippen molar-refractivity contribution in [3.8, 4) is 0 Å². The highest BCUT2D eigenvalue weighted by Gasteiger charge is 2.29. The SMILES string of the molecule is O=C(O)c1ccc2n1CCOC2c1ncco1. The van der Waals surface area contributed by atoms with E-state index in [1.54, 1.807) is 22.9 Å². The van der Waals surface area contributed by atoms with E-state index in [-0.39, 0.29) is 5.69 Å². The Kier molecular flexibility index (Phi) is 2.22. The van der Waals surface area contributed by atoms with Crippen molar-refractivity contribution >= 4 is 5.97 Å². The van der Waals surface area contributed by atoms with E-state index in [4.69, 9.17) is 14.3 Å². The summed E-state index contributed by atoms with van der Waals surface area (Å²) in [5, 5.41) is 9.05. The molecular weight excluding hydrogens is 224 g/mol. The molecule has 0 amide bonds. The number of carboxylic acids is 1. The summed E-state index contributed by atoms with van der Waals surface area (Å²) in [7, 11) is 0. The third-order valence-corrected chi connectivity index (χ3v) is 2.78. The average Bonchev–Trinajstić information content (AvgIpc) is 2.97. The highest BCUT2D eigenvalue weighted by atomic mass is 16.5. The Balaban J connectivity index is 2.06. The Morgan fingerprint density at radius 1 is 1.53 bits per heavy atom. The number of aromatic nitrogens is 2. The summed E-state index contributed by atoms with van der Waals surface area (Å²) in [4.78, 5) is 15.1. The Morgan fingerprint density at radius 3 is 3.12 bits per heavy atom. The number of hydrogen-bond donors (Lipinski definition) is 1. The fraction of sp³-hybridized carbons (Fsp3) is 0.273. The van der Waals surface area contributed by atoms with Crippen LogP contribution >= 0.6 is 0 Å². The second-order valence-electron chi connectivity index (χ2n) is 3.72.